The lowest BCUT2D eigenvalue weighted by atomic mass is 9.95. The summed E-state index contributed by atoms with van der Waals surface area (Å²) in [6, 6.07) is 0. The molecule has 0 amide bonds. The Bertz CT molecular complexity index is 163. The summed E-state index contributed by atoms with van der Waals surface area (Å²) in [5.41, 5.74) is 1.53. The molecule has 0 saturated carbocycles. The highest BCUT2D eigenvalue weighted by molar-refractivity contribution is 9.11. The molecule has 64 valence electrons. The van der Waals surface area contributed by atoms with Gasteiger partial charge in [0.2, 0.25) is 0 Å². The van der Waals surface area contributed by atoms with Crippen molar-refractivity contribution >= 4 is 15.9 Å². The van der Waals surface area contributed by atoms with E-state index in [0.717, 1.165) is 19.3 Å². The summed E-state index contributed by atoms with van der Waals surface area (Å²) in [7, 11) is 1.80. The van der Waals surface area contributed by atoms with Crippen LogP contribution in [0.2, 0.25) is 0 Å². The predicted molar refractivity (Wildman–Crippen MR) is 50.9 cm³/mol. The fourth-order valence-corrected chi connectivity index (χ4v) is 2.16. The lowest BCUT2D eigenvalue weighted by Gasteiger charge is -2.23. The summed E-state index contributed by atoms with van der Waals surface area (Å²) in [5.74, 6) is 0. The predicted octanol–water partition coefficient (Wildman–Crippen LogP) is 3.24. The van der Waals surface area contributed by atoms with E-state index in [4.69, 9.17) is 4.74 Å². The standard InChI is InChI=1S/C9H15BrO/c1-3-7-6-8(11-2)4-5-9(7)10/h8H,3-6H2,1-2H3. The summed E-state index contributed by atoms with van der Waals surface area (Å²) in [5, 5.41) is 0. The maximum atomic E-state index is 5.32. The second-order valence-electron chi connectivity index (χ2n) is 2.96. The zero-order valence-corrected chi connectivity index (χ0v) is 8.78. The quantitative estimate of drug-likeness (QED) is 0.692. The number of halogens is 1. The molecule has 1 unspecified atom stereocenters. The Hall–Kier alpha value is 0.180. The molecule has 0 aromatic carbocycles. The van der Waals surface area contributed by atoms with Gasteiger partial charge in [-0.15, -0.1) is 0 Å². The van der Waals surface area contributed by atoms with Gasteiger partial charge in [0, 0.05) is 7.11 Å². The molecule has 0 aromatic heterocycles. The maximum absolute atomic E-state index is 5.32. The van der Waals surface area contributed by atoms with E-state index in [1.54, 1.807) is 7.11 Å². The van der Waals surface area contributed by atoms with E-state index in [0.29, 0.717) is 6.10 Å². The summed E-state index contributed by atoms with van der Waals surface area (Å²) >= 11 is 3.60. The van der Waals surface area contributed by atoms with Crippen molar-refractivity contribution in [1.29, 1.82) is 0 Å². The Kier molecular flexibility index (Phi) is 3.60. The number of hydrogen-bond acceptors (Lipinski definition) is 1. The molecule has 0 saturated heterocycles. The molecular weight excluding hydrogens is 204 g/mol. The van der Waals surface area contributed by atoms with Gasteiger partial charge in [-0.05, 0) is 30.2 Å². The van der Waals surface area contributed by atoms with E-state index >= 15 is 0 Å². The molecule has 0 aliphatic heterocycles. The van der Waals surface area contributed by atoms with Gasteiger partial charge in [-0.3, -0.25) is 0 Å². The molecule has 0 heterocycles. The highest BCUT2D eigenvalue weighted by Gasteiger charge is 2.17. The molecule has 0 fully saturated rings. The Morgan fingerprint density at radius 2 is 2.36 bits per heavy atom. The first-order valence-electron chi connectivity index (χ1n) is 4.17. The molecule has 0 bridgehead atoms. The molecule has 0 spiro atoms. The molecular formula is C9H15BrO. The molecule has 11 heavy (non-hydrogen) atoms. The fraction of sp³-hybridized carbons (Fsp3) is 0.778. The Morgan fingerprint density at radius 1 is 1.64 bits per heavy atom. The zero-order valence-electron chi connectivity index (χ0n) is 7.19. The molecule has 0 radical (unpaired) electrons. The molecule has 1 atom stereocenters. The van der Waals surface area contributed by atoms with E-state index in [-0.39, 0.29) is 0 Å². The Morgan fingerprint density at radius 3 is 2.91 bits per heavy atom. The summed E-state index contributed by atoms with van der Waals surface area (Å²) in [4.78, 5) is 0. The first-order valence-corrected chi connectivity index (χ1v) is 4.96. The maximum Gasteiger partial charge on any atom is 0.0612 e. The normalized spacial score (nSPS) is 25.9. The SMILES string of the molecule is CCC1=C(Br)CCC(OC)C1. The van der Waals surface area contributed by atoms with Gasteiger partial charge in [0.1, 0.15) is 0 Å². The number of rotatable bonds is 2. The van der Waals surface area contributed by atoms with Crippen LogP contribution in [0.15, 0.2) is 10.1 Å². The molecule has 0 N–H and O–H groups in total. The summed E-state index contributed by atoms with van der Waals surface area (Å²) in [6.45, 7) is 2.20. The van der Waals surface area contributed by atoms with Crippen LogP contribution in [0.1, 0.15) is 32.6 Å². The number of allylic oxidation sites excluding steroid dienone is 1. The van der Waals surface area contributed by atoms with Gasteiger partial charge >= 0.3 is 0 Å². The number of ether oxygens (including phenoxy) is 1. The van der Waals surface area contributed by atoms with Crippen LogP contribution in [0.4, 0.5) is 0 Å². The Balaban J connectivity index is 2.58. The zero-order chi connectivity index (χ0) is 8.27. The molecule has 1 rings (SSSR count). The highest BCUT2D eigenvalue weighted by Crippen LogP contribution is 2.31. The lowest BCUT2D eigenvalue weighted by Crippen LogP contribution is -2.15. The van der Waals surface area contributed by atoms with Crippen LogP contribution in [-0.2, 0) is 4.74 Å². The molecule has 2 heteroatoms. The van der Waals surface area contributed by atoms with Gasteiger partial charge in [-0.25, -0.2) is 0 Å². The van der Waals surface area contributed by atoms with Crippen LogP contribution < -0.4 is 0 Å². The average Bonchev–Trinajstić information content (AvgIpc) is 2.05. The van der Waals surface area contributed by atoms with Crippen molar-refractivity contribution in [1.82, 2.24) is 0 Å². The van der Waals surface area contributed by atoms with E-state index in [2.05, 4.69) is 22.9 Å². The minimum absolute atomic E-state index is 0.464. The van der Waals surface area contributed by atoms with Crippen molar-refractivity contribution in [3.05, 3.63) is 10.1 Å². The monoisotopic (exact) mass is 218 g/mol. The lowest BCUT2D eigenvalue weighted by molar-refractivity contribution is 0.0915. The van der Waals surface area contributed by atoms with E-state index < -0.39 is 0 Å². The van der Waals surface area contributed by atoms with Crippen LogP contribution in [0.3, 0.4) is 0 Å². The van der Waals surface area contributed by atoms with Crippen molar-refractivity contribution < 1.29 is 4.74 Å². The second kappa shape index (κ2) is 4.27. The third-order valence-corrected chi connectivity index (χ3v) is 3.26. The molecule has 0 aromatic rings. The van der Waals surface area contributed by atoms with Gasteiger partial charge in [-0.1, -0.05) is 28.4 Å². The summed E-state index contributed by atoms with van der Waals surface area (Å²) in [6.07, 6.45) is 5.06. The van der Waals surface area contributed by atoms with Crippen molar-refractivity contribution in [3.8, 4) is 0 Å². The van der Waals surface area contributed by atoms with Crippen LogP contribution in [0.25, 0.3) is 0 Å². The average molecular weight is 219 g/mol. The Labute approximate surface area is 76.9 Å². The van der Waals surface area contributed by atoms with Crippen LogP contribution >= 0.6 is 15.9 Å². The van der Waals surface area contributed by atoms with Crippen LogP contribution in [0, 0.1) is 0 Å². The van der Waals surface area contributed by atoms with Crippen molar-refractivity contribution in [3.63, 3.8) is 0 Å². The third kappa shape index (κ3) is 2.31. The van der Waals surface area contributed by atoms with Gasteiger partial charge in [-0.2, -0.15) is 0 Å². The van der Waals surface area contributed by atoms with Gasteiger partial charge < -0.3 is 4.74 Å². The number of hydrogen-bond donors (Lipinski definition) is 0. The fourth-order valence-electron chi connectivity index (χ4n) is 1.49. The molecule has 1 aliphatic rings. The van der Waals surface area contributed by atoms with E-state index in [1.165, 1.54) is 16.5 Å². The second-order valence-corrected chi connectivity index (χ2v) is 3.92. The minimum Gasteiger partial charge on any atom is -0.381 e. The van der Waals surface area contributed by atoms with Gasteiger partial charge in [0.05, 0.1) is 6.10 Å². The van der Waals surface area contributed by atoms with Crippen molar-refractivity contribution in [2.24, 2.45) is 0 Å². The first kappa shape index (κ1) is 9.27. The summed E-state index contributed by atoms with van der Waals surface area (Å²) < 4.78 is 6.73. The number of methoxy groups -OCH3 is 1. The van der Waals surface area contributed by atoms with Gasteiger partial charge in [0.15, 0.2) is 0 Å². The highest BCUT2D eigenvalue weighted by atomic mass is 79.9. The largest absolute Gasteiger partial charge is 0.381 e. The smallest absolute Gasteiger partial charge is 0.0612 e. The van der Waals surface area contributed by atoms with Crippen molar-refractivity contribution in [2.75, 3.05) is 7.11 Å². The third-order valence-electron chi connectivity index (χ3n) is 2.30. The first-order chi connectivity index (χ1) is 5.27. The molecule has 1 aliphatic carbocycles. The van der Waals surface area contributed by atoms with Crippen LogP contribution in [-0.4, -0.2) is 13.2 Å². The minimum atomic E-state index is 0.464. The van der Waals surface area contributed by atoms with Crippen molar-refractivity contribution in [2.45, 2.75) is 38.7 Å². The van der Waals surface area contributed by atoms with E-state index in [1.807, 2.05) is 0 Å². The van der Waals surface area contributed by atoms with Gasteiger partial charge in [0.25, 0.3) is 0 Å². The molecule has 1 nitrogen and oxygen atoms in total. The van der Waals surface area contributed by atoms with E-state index in [9.17, 15) is 0 Å². The topological polar surface area (TPSA) is 9.23 Å². The van der Waals surface area contributed by atoms with Crippen LogP contribution in [0.5, 0.6) is 0 Å².